The lowest BCUT2D eigenvalue weighted by molar-refractivity contribution is 0.135. The van der Waals surface area contributed by atoms with Crippen molar-refractivity contribution in [2.75, 3.05) is 20.2 Å². The van der Waals surface area contributed by atoms with Crippen LogP contribution >= 0.6 is 0 Å². The van der Waals surface area contributed by atoms with E-state index in [-0.39, 0.29) is 6.10 Å². The summed E-state index contributed by atoms with van der Waals surface area (Å²) in [6.45, 7) is 4.55. The summed E-state index contributed by atoms with van der Waals surface area (Å²) < 4.78 is 39.0. The molecule has 26 heavy (non-hydrogen) atoms. The molecule has 0 aromatic heterocycles. The van der Waals surface area contributed by atoms with E-state index in [9.17, 15) is 8.42 Å². The number of para-hydroxylation sites is 1. The van der Waals surface area contributed by atoms with Crippen molar-refractivity contribution >= 4 is 10.0 Å². The Morgan fingerprint density at radius 2 is 1.54 bits per heavy atom. The summed E-state index contributed by atoms with van der Waals surface area (Å²) in [7, 11) is -1.94. The molecule has 0 atom stereocenters. The molecule has 0 aliphatic carbocycles. The van der Waals surface area contributed by atoms with Gasteiger partial charge in [-0.05, 0) is 62.1 Å². The van der Waals surface area contributed by atoms with E-state index in [0.717, 1.165) is 5.75 Å². The highest BCUT2D eigenvalue weighted by Gasteiger charge is 2.32. The summed E-state index contributed by atoms with van der Waals surface area (Å²) in [4.78, 5) is 0.390. The predicted octanol–water partition coefficient (Wildman–Crippen LogP) is 3.54. The number of sulfonamides is 1. The van der Waals surface area contributed by atoms with Gasteiger partial charge in [0.1, 0.15) is 17.6 Å². The van der Waals surface area contributed by atoms with Crippen molar-refractivity contribution in [3.05, 3.63) is 53.6 Å². The fourth-order valence-corrected chi connectivity index (χ4v) is 5.33. The van der Waals surface area contributed by atoms with Crippen molar-refractivity contribution in [1.29, 1.82) is 0 Å². The second-order valence-corrected chi connectivity index (χ2v) is 8.50. The highest BCUT2D eigenvalue weighted by molar-refractivity contribution is 7.89. The summed E-state index contributed by atoms with van der Waals surface area (Å²) >= 11 is 0. The molecule has 3 rings (SSSR count). The van der Waals surface area contributed by atoms with Gasteiger partial charge in [0.2, 0.25) is 10.0 Å². The lowest BCUT2D eigenvalue weighted by atomic mass is 10.1. The molecule has 2 aromatic rings. The highest BCUT2D eigenvalue weighted by Crippen LogP contribution is 2.30. The van der Waals surface area contributed by atoms with Crippen LogP contribution in [0.25, 0.3) is 0 Å². The summed E-state index contributed by atoms with van der Waals surface area (Å²) in [6, 6.07) is 13.2. The molecule has 2 aromatic carbocycles. The summed E-state index contributed by atoms with van der Waals surface area (Å²) in [5.74, 6) is 1.50. The molecule has 0 saturated carbocycles. The lowest BCUT2D eigenvalue weighted by Crippen LogP contribution is -2.42. The molecule has 1 fully saturated rings. The highest BCUT2D eigenvalue weighted by atomic mass is 32.2. The molecule has 0 spiro atoms. The molecule has 0 amide bonds. The summed E-state index contributed by atoms with van der Waals surface area (Å²) in [6.07, 6.45) is 1.41. The molecule has 6 heteroatoms. The molecule has 0 radical (unpaired) electrons. The molecule has 1 saturated heterocycles. The number of nitrogens with zero attached hydrogens (tertiary/aromatic N) is 1. The number of hydrogen-bond donors (Lipinski definition) is 0. The van der Waals surface area contributed by atoms with Gasteiger partial charge in [-0.3, -0.25) is 0 Å². The number of piperidine rings is 1. The van der Waals surface area contributed by atoms with Gasteiger partial charge in [-0.25, -0.2) is 8.42 Å². The first-order chi connectivity index (χ1) is 12.4. The molecule has 0 N–H and O–H groups in total. The van der Waals surface area contributed by atoms with Crippen molar-refractivity contribution in [3.8, 4) is 11.5 Å². The minimum atomic E-state index is -3.52. The third-order valence-electron chi connectivity index (χ3n) is 4.71. The largest absolute Gasteiger partial charge is 0.497 e. The standard InChI is InChI=1S/C20H25NO4S/c1-15-13-19(24-3)14-16(2)20(15)26(22,23)21-11-9-18(10-12-21)25-17-7-5-4-6-8-17/h4-8,13-14,18H,9-12H2,1-3H3. The van der Waals surface area contributed by atoms with Crippen molar-refractivity contribution in [2.24, 2.45) is 0 Å². The zero-order valence-electron chi connectivity index (χ0n) is 15.4. The zero-order valence-corrected chi connectivity index (χ0v) is 16.3. The van der Waals surface area contributed by atoms with Gasteiger partial charge in [-0.1, -0.05) is 18.2 Å². The van der Waals surface area contributed by atoms with Gasteiger partial charge in [0.15, 0.2) is 0 Å². The van der Waals surface area contributed by atoms with Gasteiger partial charge in [-0.15, -0.1) is 0 Å². The fourth-order valence-electron chi connectivity index (χ4n) is 3.45. The van der Waals surface area contributed by atoms with Gasteiger partial charge >= 0.3 is 0 Å². The van der Waals surface area contributed by atoms with Crippen LogP contribution in [0.1, 0.15) is 24.0 Å². The van der Waals surface area contributed by atoms with Crippen LogP contribution in [-0.4, -0.2) is 39.0 Å². The Balaban J connectivity index is 1.72. The second-order valence-electron chi connectivity index (χ2n) is 6.62. The Labute approximate surface area is 155 Å². The average molecular weight is 375 g/mol. The van der Waals surface area contributed by atoms with Crippen LogP contribution in [0, 0.1) is 13.8 Å². The summed E-state index contributed by atoms with van der Waals surface area (Å²) in [5, 5.41) is 0. The van der Waals surface area contributed by atoms with Crippen molar-refractivity contribution in [3.63, 3.8) is 0 Å². The third kappa shape index (κ3) is 3.86. The first kappa shape index (κ1) is 18.7. The predicted molar refractivity (Wildman–Crippen MR) is 101 cm³/mol. The Hall–Kier alpha value is -2.05. The minimum absolute atomic E-state index is 0.0434. The van der Waals surface area contributed by atoms with Crippen molar-refractivity contribution in [2.45, 2.75) is 37.7 Å². The first-order valence-electron chi connectivity index (χ1n) is 8.79. The van der Waals surface area contributed by atoms with Crippen LogP contribution in [0.2, 0.25) is 0 Å². The number of hydrogen-bond acceptors (Lipinski definition) is 4. The van der Waals surface area contributed by atoms with E-state index in [4.69, 9.17) is 9.47 Å². The molecule has 140 valence electrons. The maximum atomic E-state index is 13.1. The van der Waals surface area contributed by atoms with Gasteiger partial charge in [0, 0.05) is 13.1 Å². The molecule has 1 aliphatic rings. The van der Waals surface area contributed by atoms with Crippen LogP contribution in [0.5, 0.6) is 11.5 Å². The Bertz CT molecular complexity index is 834. The van der Waals surface area contributed by atoms with Crippen LogP contribution in [0.4, 0.5) is 0 Å². The van der Waals surface area contributed by atoms with E-state index in [1.807, 2.05) is 44.2 Å². The molecule has 1 heterocycles. The minimum Gasteiger partial charge on any atom is -0.497 e. The van der Waals surface area contributed by atoms with E-state index in [0.29, 0.717) is 47.7 Å². The maximum absolute atomic E-state index is 13.1. The van der Waals surface area contributed by atoms with Gasteiger partial charge in [-0.2, -0.15) is 4.31 Å². The Kier molecular flexibility index (Phi) is 5.53. The van der Waals surface area contributed by atoms with Crippen LogP contribution in [-0.2, 0) is 10.0 Å². The van der Waals surface area contributed by atoms with E-state index >= 15 is 0 Å². The van der Waals surface area contributed by atoms with Gasteiger partial charge in [0.25, 0.3) is 0 Å². The van der Waals surface area contributed by atoms with E-state index < -0.39 is 10.0 Å². The smallest absolute Gasteiger partial charge is 0.243 e. The number of benzene rings is 2. The number of aryl methyl sites for hydroxylation is 2. The molecular formula is C20H25NO4S. The van der Waals surface area contributed by atoms with Crippen LogP contribution in [0.15, 0.2) is 47.4 Å². The van der Waals surface area contributed by atoms with E-state index in [1.165, 1.54) is 0 Å². The SMILES string of the molecule is COc1cc(C)c(S(=O)(=O)N2CCC(Oc3ccccc3)CC2)c(C)c1. The quantitative estimate of drug-likeness (QED) is 0.802. The van der Waals surface area contributed by atoms with E-state index in [1.54, 1.807) is 23.5 Å². The molecule has 1 aliphatic heterocycles. The van der Waals surface area contributed by atoms with E-state index in [2.05, 4.69) is 0 Å². The topological polar surface area (TPSA) is 55.8 Å². The second kappa shape index (κ2) is 7.68. The number of rotatable bonds is 5. The van der Waals surface area contributed by atoms with Crippen LogP contribution in [0.3, 0.4) is 0 Å². The van der Waals surface area contributed by atoms with Crippen molar-refractivity contribution in [1.82, 2.24) is 4.31 Å². The molecule has 0 bridgehead atoms. The average Bonchev–Trinajstić information content (AvgIpc) is 2.62. The monoisotopic (exact) mass is 375 g/mol. The van der Waals surface area contributed by atoms with Crippen LogP contribution < -0.4 is 9.47 Å². The molecule has 0 unspecified atom stereocenters. The Morgan fingerprint density at radius 1 is 0.962 bits per heavy atom. The zero-order chi connectivity index (χ0) is 18.7. The maximum Gasteiger partial charge on any atom is 0.243 e. The fraction of sp³-hybridized carbons (Fsp3) is 0.400. The van der Waals surface area contributed by atoms with Crippen molar-refractivity contribution < 1.29 is 17.9 Å². The summed E-state index contributed by atoms with van der Waals surface area (Å²) in [5.41, 5.74) is 1.43. The first-order valence-corrected chi connectivity index (χ1v) is 10.2. The number of methoxy groups -OCH3 is 1. The van der Waals surface area contributed by atoms with Gasteiger partial charge in [0.05, 0.1) is 12.0 Å². The third-order valence-corrected chi connectivity index (χ3v) is 6.92. The molecular weight excluding hydrogens is 350 g/mol. The lowest BCUT2D eigenvalue weighted by Gasteiger charge is -2.32. The van der Waals surface area contributed by atoms with Gasteiger partial charge < -0.3 is 9.47 Å². The normalized spacial score (nSPS) is 16.4. The molecule has 5 nitrogen and oxygen atoms in total. The Morgan fingerprint density at radius 3 is 2.08 bits per heavy atom. The number of ether oxygens (including phenoxy) is 2.